The predicted octanol–water partition coefficient (Wildman–Crippen LogP) is 0.678. The van der Waals surface area contributed by atoms with Gasteiger partial charge in [0.25, 0.3) is 15.0 Å². The van der Waals surface area contributed by atoms with E-state index in [9.17, 15) is 21.6 Å². The molecular weight excluding hydrogens is 330 g/mol. The van der Waals surface area contributed by atoms with Gasteiger partial charge in [-0.05, 0) is 13.8 Å². The summed E-state index contributed by atoms with van der Waals surface area (Å²) >= 11 is 0. The molecule has 1 atom stereocenters. The Morgan fingerprint density at radius 1 is 1.40 bits per heavy atom. The van der Waals surface area contributed by atoms with E-state index in [0.29, 0.717) is 0 Å². The van der Waals surface area contributed by atoms with Gasteiger partial charge >= 0.3 is 0 Å². The van der Waals surface area contributed by atoms with Crippen molar-refractivity contribution in [2.75, 3.05) is 12.0 Å². The number of sulfone groups is 1. The minimum atomic E-state index is -4.00. The van der Waals surface area contributed by atoms with Gasteiger partial charge in [0.1, 0.15) is 20.5 Å². The Morgan fingerprint density at radius 2 is 1.95 bits per heavy atom. The number of hydrogen-bond donors (Lipinski definition) is 1. The second kappa shape index (κ2) is 5.74. The van der Waals surface area contributed by atoms with E-state index in [1.165, 1.54) is 13.8 Å². The largest absolute Gasteiger partial charge is 0.455 e. The Bertz CT molecular complexity index is 719. The monoisotopic (exact) mass is 343 g/mol. The summed E-state index contributed by atoms with van der Waals surface area (Å²) in [4.78, 5) is 11.5. The van der Waals surface area contributed by atoms with Crippen molar-refractivity contribution < 1.29 is 26.0 Å². The standard InChI is InChI=1S/C10H14ClNO6S2/c1-6(5-19(3,14)15)12-10(13)8-4-9(7(2)18-8)20(11,16)17/h4,6H,5H2,1-3H3,(H,12,13). The Balaban J connectivity index is 2.90. The molecule has 1 N–H and O–H groups in total. The van der Waals surface area contributed by atoms with Crippen molar-refractivity contribution in [1.82, 2.24) is 5.32 Å². The summed E-state index contributed by atoms with van der Waals surface area (Å²) in [5.74, 6) is -1.21. The molecule has 1 aromatic heterocycles. The average Bonchev–Trinajstić information content (AvgIpc) is 2.56. The molecule has 0 spiro atoms. The zero-order valence-electron chi connectivity index (χ0n) is 11.0. The average molecular weight is 344 g/mol. The van der Waals surface area contributed by atoms with E-state index in [-0.39, 0.29) is 22.2 Å². The summed E-state index contributed by atoms with van der Waals surface area (Å²) < 4.78 is 49.6. The van der Waals surface area contributed by atoms with Crippen molar-refractivity contribution >= 4 is 35.5 Å². The third kappa shape index (κ3) is 4.80. The maximum absolute atomic E-state index is 11.8. The van der Waals surface area contributed by atoms with E-state index in [1.807, 2.05) is 0 Å². The van der Waals surface area contributed by atoms with Crippen LogP contribution in [0.15, 0.2) is 15.4 Å². The molecule has 7 nitrogen and oxygen atoms in total. The van der Waals surface area contributed by atoms with E-state index >= 15 is 0 Å². The molecule has 114 valence electrons. The molecule has 1 rings (SSSR count). The van der Waals surface area contributed by atoms with Crippen LogP contribution >= 0.6 is 10.7 Å². The molecule has 0 fully saturated rings. The Kier molecular flexibility index (Phi) is 4.88. The lowest BCUT2D eigenvalue weighted by molar-refractivity contribution is 0.0914. The van der Waals surface area contributed by atoms with Crippen molar-refractivity contribution in [3.05, 3.63) is 17.6 Å². The minimum absolute atomic E-state index is 0.0130. The van der Waals surface area contributed by atoms with Crippen LogP contribution < -0.4 is 5.32 Å². The van der Waals surface area contributed by atoms with Crippen LogP contribution in [0.4, 0.5) is 0 Å². The van der Waals surface area contributed by atoms with E-state index in [2.05, 4.69) is 5.32 Å². The third-order valence-corrected chi connectivity index (χ3v) is 4.82. The lowest BCUT2D eigenvalue weighted by atomic mass is 10.3. The van der Waals surface area contributed by atoms with Crippen LogP contribution in [0.25, 0.3) is 0 Å². The zero-order chi connectivity index (χ0) is 15.7. The van der Waals surface area contributed by atoms with E-state index in [0.717, 1.165) is 12.3 Å². The topological polar surface area (TPSA) is 111 Å². The Hall–Kier alpha value is -1.06. The summed E-state index contributed by atoms with van der Waals surface area (Å²) in [5.41, 5.74) is 0. The van der Waals surface area contributed by atoms with Gasteiger partial charge in [-0.15, -0.1) is 0 Å². The van der Waals surface area contributed by atoms with Gasteiger partial charge in [0.2, 0.25) is 0 Å². The number of carbonyl (C=O) groups is 1. The summed E-state index contributed by atoms with van der Waals surface area (Å²) in [7, 11) is -2.06. The first-order valence-electron chi connectivity index (χ1n) is 5.44. The molecule has 1 unspecified atom stereocenters. The highest BCUT2D eigenvalue weighted by Gasteiger charge is 2.23. The van der Waals surface area contributed by atoms with E-state index in [1.54, 1.807) is 0 Å². The predicted molar refractivity (Wildman–Crippen MR) is 73.1 cm³/mol. The molecule has 0 aliphatic carbocycles. The van der Waals surface area contributed by atoms with Gasteiger partial charge in [-0.1, -0.05) is 0 Å². The van der Waals surface area contributed by atoms with Gasteiger partial charge in [0, 0.05) is 29.0 Å². The molecule has 20 heavy (non-hydrogen) atoms. The van der Waals surface area contributed by atoms with Crippen molar-refractivity contribution in [2.45, 2.75) is 24.8 Å². The number of aryl methyl sites for hydroxylation is 1. The second-order valence-electron chi connectivity index (χ2n) is 4.44. The third-order valence-electron chi connectivity index (χ3n) is 2.29. The van der Waals surface area contributed by atoms with Gasteiger partial charge in [-0.25, -0.2) is 16.8 Å². The molecular formula is C10H14ClNO6S2. The molecule has 0 saturated heterocycles. The quantitative estimate of drug-likeness (QED) is 0.787. The van der Waals surface area contributed by atoms with Crippen LogP contribution in [-0.2, 0) is 18.9 Å². The van der Waals surface area contributed by atoms with Crippen LogP contribution in [0.1, 0.15) is 23.2 Å². The molecule has 0 aliphatic heterocycles. The smallest absolute Gasteiger partial charge is 0.287 e. The van der Waals surface area contributed by atoms with Crippen LogP contribution in [-0.4, -0.2) is 40.8 Å². The lowest BCUT2D eigenvalue weighted by Crippen LogP contribution is -2.37. The molecule has 0 radical (unpaired) electrons. The molecule has 0 saturated carbocycles. The number of halogens is 1. The zero-order valence-corrected chi connectivity index (χ0v) is 13.4. The molecule has 0 aliphatic rings. The summed E-state index contributed by atoms with van der Waals surface area (Å²) in [5, 5.41) is 2.39. The van der Waals surface area contributed by atoms with Gasteiger partial charge in [-0.2, -0.15) is 0 Å². The molecule has 1 heterocycles. The molecule has 1 aromatic rings. The summed E-state index contributed by atoms with van der Waals surface area (Å²) in [6.07, 6.45) is 1.05. The number of hydrogen-bond acceptors (Lipinski definition) is 6. The highest BCUT2D eigenvalue weighted by atomic mass is 35.7. The van der Waals surface area contributed by atoms with Crippen LogP contribution in [0, 0.1) is 6.92 Å². The minimum Gasteiger partial charge on any atom is -0.455 e. The fourth-order valence-electron chi connectivity index (χ4n) is 1.61. The van der Waals surface area contributed by atoms with E-state index < -0.39 is 30.8 Å². The summed E-state index contributed by atoms with van der Waals surface area (Å²) in [6.45, 7) is 2.86. The van der Waals surface area contributed by atoms with Gasteiger partial charge in [-0.3, -0.25) is 4.79 Å². The first-order chi connectivity index (χ1) is 8.90. The number of nitrogens with one attached hydrogen (secondary N) is 1. The Morgan fingerprint density at radius 3 is 2.35 bits per heavy atom. The first kappa shape index (κ1) is 17.0. The Labute approximate surface area is 121 Å². The molecule has 1 amide bonds. The van der Waals surface area contributed by atoms with Gasteiger partial charge in [0.15, 0.2) is 5.76 Å². The number of furan rings is 1. The summed E-state index contributed by atoms with van der Waals surface area (Å²) in [6, 6.07) is 0.360. The highest BCUT2D eigenvalue weighted by molar-refractivity contribution is 8.13. The van der Waals surface area contributed by atoms with Crippen molar-refractivity contribution in [2.24, 2.45) is 0 Å². The van der Waals surface area contributed by atoms with Crippen LogP contribution in [0.5, 0.6) is 0 Å². The first-order valence-corrected chi connectivity index (χ1v) is 9.81. The SMILES string of the molecule is Cc1oc(C(=O)NC(C)CS(C)(=O)=O)cc1S(=O)(=O)Cl. The lowest BCUT2D eigenvalue weighted by Gasteiger charge is -2.11. The van der Waals surface area contributed by atoms with Gasteiger partial charge < -0.3 is 9.73 Å². The molecule has 0 aromatic carbocycles. The number of amides is 1. The maximum Gasteiger partial charge on any atom is 0.287 e. The van der Waals surface area contributed by atoms with Crippen molar-refractivity contribution in [1.29, 1.82) is 0 Å². The van der Waals surface area contributed by atoms with Gasteiger partial charge in [0.05, 0.1) is 5.75 Å². The normalized spacial score (nSPS) is 14.0. The highest BCUT2D eigenvalue weighted by Crippen LogP contribution is 2.23. The van der Waals surface area contributed by atoms with Crippen molar-refractivity contribution in [3.8, 4) is 0 Å². The van der Waals surface area contributed by atoms with Crippen molar-refractivity contribution in [3.63, 3.8) is 0 Å². The fraction of sp³-hybridized carbons (Fsp3) is 0.500. The number of carbonyl (C=O) groups excluding carboxylic acids is 1. The van der Waals surface area contributed by atoms with Crippen LogP contribution in [0.3, 0.4) is 0 Å². The molecule has 10 heteroatoms. The maximum atomic E-state index is 11.8. The van der Waals surface area contributed by atoms with Crippen LogP contribution in [0.2, 0.25) is 0 Å². The number of rotatable bonds is 5. The second-order valence-corrected chi connectivity index (χ2v) is 9.16. The molecule has 0 bridgehead atoms. The fourth-order valence-corrected chi connectivity index (χ4v) is 3.69. The van der Waals surface area contributed by atoms with E-state index in [4.69, 9.17) is 15.1 Å².